The monoisotopic (exact) mass is 261 g/mol. The molecule has 0 amide bonds. The van der Waals surface area contributed by atoms with E-state index in [0.29, 0.717) is 18.1 Å². The minimum Gasteiger partial charge on any atom is -0.391 e. The fraction of sp³-hybridized carbons (Fsp3) is 0.909. The first-order valence-corrected chi connectivity index (χ1v) is 6.62. The normalized spacial score (nSPS) is 28.8. The zero-order chi connectivity index (χ0) is 12.7. The summed E-state index contributed by atoms with van der Waals surface area (Å²) in [5, 5.41) is 19.9. The van der Waals surface area contributed by atoms with Crippen LogP contribution in [0.4, 0.5) is 0 Å². The van der Waals surface area contributed by atoms with Crippen LogP contribution in [0.2, 0.25) is 0 Å². The van der Waals surface area contributed by atoms with Crippen LogP contribution in [0.3, 0.4) is 0 Å². The van der Waals surface area contributed by atoms with Crippen molar-refractivity contribution in [3.8, 4) is 0 Å². The molecule has 1 fully saturated rings. The molecule has 0 bridgehead atoms. The molecule has 0 aliphatic carbocycles. The van der Waals surface area contributed by atoms with Crippen molar-refractivity contribution in [2.45, 2.75) is 38.5 Å². The summed E-state index contributed by atoms with van der Waals surface area (Å²) in [6.45, 7) is 7.01. The highest BCUT2D eigenvalue weighted by Crippen LogP contribution is 2.14. The number of hydrogen-bond acceptors (Lipinski definition) is 4. The van der Waals surface area contributed by atoms with Gasteiger partial charge in [-0.25, -0.2) is 0 Å². The molecule has 0 radical (unpaired) electrons. The lowest BCUT2D eigenvalue weighted by Crippen LogP contribution is -2.55. The van der Waals surface area contributed by atoms with Crippen LogP contribution >= 0.6 is 12.2 Å². The van der Waals surface area contributed by atoms with Crippen molar-refractivity contribution < 1.29 is 9.84 Å². The van der Waals surface area contributed by atoms with E-state index in [1.54, 1.807) is 0 Å². The molecule has 17 heavy (non-hydrogen) atoms. The highest BCUT2D eigenvalue weighted by atomic mass is 32.1. The Bertz CT molecular complexity index is 241. The smallest absolute Gasteiger partial charge is 0.166 e. The molecule has 3 unspecified atom stereocenters. The van der Waals surface area contributed by atoms with Crippen LogP contribution in [-0.2, 0) is 4.74 Å². The van der Waals surface area contributed by atoms with Crippen molar-refractivity contribution in [2.24, 2.45) is 0 Å². The molecule has 1 aliphatic rings. The molecular formula is C11H23N3O2S. The Hall–Kier alpha value is -0.430. The number of hydrogen-bond donors (Lipinski definition) is 4. The van der Waals surface area contributed by atoms with E-state index < -0.39 is 6.10 Å². The summed E-state index contributed by atoms with van der Waals surface area (Å²) in [7, 11) is 0. The van der Waals surface area contributed by atoms with E-state index in [-0.39, 0.29) is 12.1 Å². The molecule has 6 heteroatoms. The lowest BCUT2D eigenvalue weighted by Gasteiger charge is -2.34. The Morgan fingerprint density at radius 1 is 1.41 bits per heavy atom. The number of aliphatic hydroxyl groups is 1. The fourth-order valence-corrected chi connectivity index (χ4v) is 2.11. The van der Waals surface area contributed by atoms with Crippen LogP contribution < -0.4 is 16.0 Å². The van der Waals surface area contributed by atoms with E-state index >= 15 is 0 Å². The van der Waals surface area contributed by atoms with Gasteiger partial charge in [0.15, 0.2) is 5.11 Å². The Labute approximate surface area is 108 Å². The highest BCUT2D eigenvalue weighted by Gasteiger charge is 2.29. The molecule has 1 aliphatic heterocycles. The summed E-state index contributed by atoms with van der Waals surface area (Å²) in [5.41, 5.74) is 0. The molecule has 0 saturated carbocycles. The van der Waals surface area contributed by atoms with E-state index in [9.17, 15) is 5.11 Å². The van der Waals surface area contributed by atoms with E-state index in [1.807, 2.05) is 6.92 Å². The summed E-state index contributed by atoms with van der Waals surface area (Å²) in [4.78, 5) is 0. The second-order valence-electron chi connectivity index (χ2n) is 4.18. The predicted molar refractivity (Wildman–Crippen MR) is 72.1 cm³/mol. The SMILES string of the molecule is CCNCC1CC(O)C(NC(=S)NCC)CO1. The van der Waals surface area contributed by atoms with Crippen molar-refractivity contribution in [1.82, 2.24) is 16.0 Å². The van der Waals surface area contributed by atoms with Gasteiger partial charge in [-0.15, -0.1) is 0 Å². The molecule has 0 aromatic heterocycles. The van der Waals surface area contributed by atoms with Gasteiger partial charge in [-0.05, 0) is 25.7 Å². The standard InChI is InChI=1S/C11H23N3O2S/c1-3-12-6-8-5-10(15)9(7-16-8)14-11(17)13-4-2/h8-10,12,15H,3-7H2,1-2H3,(H2,13,14,17). The van der Waals surface area contributed by atoms with E-state index in [0.717, 1.165) is 19.6 Å². The second kappa shape index (κ2) is 7.81. The van der Waals surface area contributed by atoms with Gasteiger partial charge >= 0.3 is 0 Å². The average Bonchev–Trinajstić information content (AvgIpc) is 2.30. The summed E-state index contributed by atoms with van der Waals surface area (Å²) in [6.07, 6.45) is 0.319. The van der Waals surface area contributed by atoms with Crippen LogP contribution in [0.5, 0.6) is 0 Å². The predicted octanol–water partition coefficient (Wildman–Crippen LogP) is -0.402. The average molecular weight is 261 g/mol. The van der Waals surface area contributed by atoms with Gasteiger partial charge in [-0.2, -0.15) is 0 Å². The Morgan fingerprint density at radius 2 is 2.18 bits per heavy atom. The molecular weight excluding hydrogens is 238 g/mol. The molecule has 4 N–H and O–H groups in total. The van der Waals surface area contributed by atoms with Gasteiger partial charge in [-0.1, -0.05) is 6.92 Å². The lowest BCUT2D eigenvalue weighted by atomic mass is 10.0. The second-order valence-corrected chi connectivity index (χ2v) is 4.58. The lowest BCUT2D eigenvalue weighted by molar-refractivity contribution is -0.0598. The summed E-state index contributed by atoms with van der Waals surface area (Å²) < 4.78 is 5.67. The topological polar surface area (TPSA) is 65.5 Å². The number of nitrogens with one attached hydrogen (secondary N) is 3. The first-order chi connectivity index (χ1) is 8.17. The Kier molecular flexibility index (Phi) is 6.72. The fourth-order valence-electron chi connectivity index (χ4n) is 1.82. The third-order valence-corrected chi connectivity index (χ3v) is 3.02. The molecule has 1 heterocycles. The maximum atomic E-state index is 10.00. The molecule has 0 spiro atoms. The molecule has 0 aromatic rings. The summed E-state index contributed by atoms with van der Waals surface area (Å²) >= 11 is 5.09. The van der Waals surface area contributed by atoms with E-state index in [4.69, 9.17) is 17.0 Å². The van der Waals surface area contributed by atoms with Crippen LogP contribution in [-0.4, -0.2) is 54.7 Å². The van der Waals surface area contributed by atoms with Crippen LogP contribution in [0.1, 0.15) is 20.3 Å². The maximum absolute atomic E-state index is 10.00. The minimum absolute atomic E-state index is 0.0932. The largest absolute Gasteiger partial charge is 0.391 e. The number of ether oxygens (including phenoxy) is 1. The van der Waals surface area contributed by atoms with Gasteiger partial charge in [0.1, 0.15) is 0 Å². The van der Waals surface area contributed by atoms with Crippen molar-refractivity contribution in [2.75, 3.05) is 26.2 Å². The van der Waals surface area contributed by atoms with E-state index in [1.165, 1.54) is 0 Å². The quantitative estimate of drug-likeness (QED) is 0.505. The Balaban J connectivity index is 2.29. The summed E-state index contributed by atoms with van der Waals surface area (Å²) in [6, 6.07) is -0.112. The van der Waals surface area contributed by atoms with Crippen LogP contribution in [0, 0.1) is 0 Å². The third kappa shape index (κ3) is 5.16. The molecule has 0 aromatic carbocycles. The molecule has 5 nitrogen and oxygen atoms in total. The van der Waals surface area contributed by atoms with E-state index in [2.05, 4.69) is 22.9 Å². The minimum atomic E-state index is -0.413. The van der Waals surface area contributed by atoms with Crippen molar-refractivity contribution >= 4 is 17.3 Å². The number of rotatable bonds is 5. The van der Waals surface area contributed by atoms with Crippen molar-refractivity contribution in [3.05, 3.63) is 0 Å². The van der Waals surface area contributed by atoms with Gasteiger partial charge in [0.05, 0.1) is 24.9 Å². The van der Waals surface area contributed by atoms with Gasteiger partial charge in [0.25, 0.3) is 0 Å². The first-order valence-electron chi connectivity index (χ1n) is 6.22. The van der Waals surface area contributed by atoms with Gasteiger partial charge < -0.3 is 25.8 Å². The number of aliphatic hydroxyl groups excluding tert-OH is 1. The number of likely N-dealkylation sites (N-methyl/N-ethyl adjacent to an activating group) is 1. The zero-order valence-corrected chi connectivity index (χ0v) is 11.3. The maximum Gasteiger partial charge on any atom is 0.166 e. The molecule has 3 atom stereocenters. The van der Waals surface area contributed by atoms with Gasteiger partial charge in [0, 0.05) is 19.5 Å². The first kappa shape index (κ1) is 14.6. The zero-order valence-electron chi connectivity index (χ0n) is 10.5. The third-order valence-electron chi connectivity index (χ3n) is 2.76. The molecule has 1 rings (SSSR count). The molecule has 100 valence electrons. The Morgan fingerprint density at radius 3 is 2.76 bits per heavy atom. The number of thiocarbonyl (C=S) groups is 1. The van der Waals surface area contributed by atoms with Crippen LogP contribution in [0.25, 0.3) is 0 Å². The van der Waals surface area contributed by atoms with Gasteiger partial charge in [0.2, 0.25) is 0 Å². The summed E-state index contributed by atoms with van der Waals surface area (Å²) in [5.74, 6) is 0. The van der Waals surface area contributed by atoms with Crippen molar-refractivity contribution in [3.63, 3.8) is 0 Å². The highest BCUT2D eigenvalue weighted by molar-refractivity contribution is 7.80. The molecule has 1 saturated heterocycles. The van der Waals surface area contributed by atoms with Gasteiger partial charge in [-0.3, -0.25) is 0 Å². The van der Waals surface area contributed by atoms with Crippen molar-refractivity contribution in [1.29, 1.82) is 0 Å². The van der Waals surface area contributed by atoms with Crippen LogP contribution in [0.15, 0.2) is 0 Å².